The zero-order valence-electron chi connectivity index (χ0n) is 41.0. The molecule has 0 aliphatic rings. The van der Waals surface area contributed by atoms with Gasteiger partial charge in [-0.3, -0.25) is 0 Å². The number of benzene rings is 11. The van der Waals surface area contributed by atoms with E-state index in [1.165, 1.54) is 4.90 Å². The van der Waals surface area contributed by atoms with Gasteiger partial charge in [-0.2, -0.15) is 0 Å². The lowest BCUT2D eigenvalue weighted by molar-refractivity contribution is 1.28. The fraction of sp³-hybridized carbons (Fsp3) is 0. The average Bonchev–Trinajstić information content (AvgIpc) is 3.39. The molecule has 0 aliphatic heterocycles. The third-order valence-corrected chi connectivity index (χ3v) is 11.4. The van der Waals surface area contributed by atoms with E-state index in [1.54, 1.807) is 18.2 Å². The molecule has 11 aromatic rings. The maximum absolute atomic E-state index is 9.83. The third-order valence-electron chi connectivity index (χ3n) is 11.4. The molecule has 0 spiro atoms. The molecular weight excluding hydrogens is 735 g/mol. The molecule has 0 heterocycles. The summed E-state index contributed by atoms with van der Waals surface area (Å²) in [5, 5.41) is 6.09. The highest BCUT2D eigenvalue weighted by Gasteiger charge is 2.17. The van der Waals surface area contributed by atoms with E-state index in [4.69, 9.17) is 0 Å². The lowest BCUT2D eigenvalue weighted by Crippen LogP contribution is -2.10. The first-order chi connectivity index (χ1) is 33.6. The van der Waals surface area contributed by atoms with Crippen molar-refractivity contribution in [1.29, 1.82) is 0 Å². The average molecular weight is 784 g/mol. The molecule has 0 N–H and O–H groups in total. The highest BCUT2D eigenvalue weighted by Crippen LogP contribution is 2.42. The molecule has 0 saturated carbocycles. The summed E-state index contributed by atoms with van der Waals surface area (Å²) < 4.78 is 77.6. The Morgan fingerprint density at radius 3 is 1.52 bits per heavy atom. The van der Waals surface area contributed by atoms with E-state index in [2.05, 4.69) is 24.3 Å². The Morgan fingerprint density at radius 1 is 0.262 bits per heavy atom. The van der Waals surface area contributed by atoms with Gasteiger partial charge in [0.05, 0.1) is 11.0 Å². The SMILES string of the molecule is [2H]c1c([2H])c(N(c2cccc(-c3cccc4ccccc34)c2)c2c([2H])c([2H])c(-c3ccc4ccccc4c3-c3ccccc3)c([2H])c2[2H])c([2H])c([2H])c1-c1ccc(-c2ccc3ccccc3c2)cc1. The molecule has 1 heteroatoms. The first-order valence-corrected chi connectivity index (χ1v) is 20.3. The Labute approximate surface area is 368 Å². The molecule has 11 rings (SSSR count). The summed E-state index contributed by atoms with van der Waals surface area (Å²) in [6.45, 7) is 0. The second-order valence-electron chi connectivity index (χ2n) is 15.1. The van der Waals surface area contributed by atoms with Gasteiger partial charge in [-0.25, -0.2) is 0 Å². The molecule has 0 radical (unpaired) electrons. The van der Waals surface area contributed by atoms with Crippen LogP contribution < -0.4 is 4.90 Å². The third kappa shape index (κ3) is 6.93. The standard InChI is InChI=1S/C60H41N/c1-2-15-49(16-3-1)60-58-22-9-7-14-47(58)34-39-59(60)48-32-37-54(38-33-48)61(55-20-10-19-52(41-55)57-23-11-18-46-13-6-8-21-56(46)57)53-35-30-44(31-36-53)43-24-26-45(27-25-43)51-29-28-42-12-4-5-17-50(42)40-51/h1-41H/i30D,31D,32D,33D,35D,36D,37D,38D. The number of hydrogen-bond donors (Lipinski definition) is 0. The van der Waals surface area contributed by atoms with Crippen molar-refractivity contribution in [3.63, 3.8) is 0 Å². The van der Waals surface area contributed by atoms with Crippen molar-refractivity contribution in [2.24, 2.45) is 0 Å². The summed E-state index contributed by atoms with van der Waals surface area (Å²) in [4.78, 5) is 1.38. The molecular formula is C60H41N. The zero-order valence-corrected chi connectivity index (χ0v) is 33.0. The minimum Gasteiger partial charge on any atom is -0.310 e. The topological polar surface area (TPSA) is 3.24 Å². The van der Waals surface area contributed by atoms with Crippen molar-refractivity contribution in [3.8, 4) is 55.6 Å². The lowest BCUT2D eigenvalue weighted by Gasteiger charge is -2.27. The van der Waals surface area contributed by atoms with Gasteiger partial charge in [0, 0.05) is 17.1 Å². The maximum Gasteiger partial charge on any atom is 0.0645 e. The lowest BCUT2D eigenvalue weighted by atomic mass is 9.90. The smallest absolute Gasteiger partial charge is 0.0645 e. The predicted molar refractivity (Wildman–Crippen MR) is 261 cm³/mol. The predicted octanol–water partition coefficient (Wildman–Crippen LogP) is 17.0. The summed E-state index contributed by atoms with van der Waals surface area (Å²) in [5.41, 5.74) is 6.34. The molecule has 61 heavy (non-hydrogen) atoms. The first-order valence-electron chi connectivity index (χ1n) is 24.3. The zero-order chi connectivity index (χ0) is 47.5. The second kappa shape index (κ2) is 15.6. The van der Waals surface area contributed by atoms with Gasteiger partial charge < -0.3 is 4.90 Å². The van der Waals surface area contributed by atoms with E-state index < -0.39 is 24.2 Å². The number of fused-ring (bicyclic) bond motifs is 3. The van der Waals surface area contributed by atoms with Crippen LogP contribution in [0.25, 0.3) is 88.0 Å². The molecule has 0 aromatic heterocycles. The van der Waals surface area contributed by atoms with Gasteiger partial charge in [-0.1, -0.05) is 206 Å². The Morgan fingerprint density at radius 2 is 0.787 bits per heavy atom. The monoisotopic (exact) mass is 783 g/mol. The van der Waals surface area contributed by atoms with Gasteiger partial charge in [0.25, 0.3) is 0 Å². The summed E-state index contributed by atoms with van der Waals surface area (Å²) in [6, 6.07) is 61.6. The van der Waals surface area contributed by atoms with Crippen molar-refractivity contribution in [3.05, 3.63) is 249 Å². The quantitative estimate of drug-likeness (QED) is 0.148. The van der Waals surface area contributed by atoms with Crippen LogP contribution in [0.3, 0.4) is 0 Å². The Hall–Kier alpha value is -8.00. The van der Waals surface area contributed by atoms with Crippen LogP contribution in [0.4, 0.5) is 17.1 Å². The van der Waals surface area contributed by atoms with Crippen molar-refractivity contribution < 1.29 is 11.0 Å². The highest BCUT2D eigenvalue weighted by molar-refractivity contribution is 6.04. The molecule has 0 atom stereocenters. The van der Waals surface area contributed by atoms with Gasteiger partial charge in [0.2, 0.25) is 0 Å². The van der Waals surface area contributed by atoms with Crippen molar-refractivity contribution in [2.75, 3.05) is 4.90 Å². The van der Waals surface area contributed by atoms with Crippen molar-refractivity contribution in [2.45, 2.75) is 0 Å². The first kappa shape index (κ1) is 28.4. The molecule has 286 valence electrons. The molecule has 0 aliphatic carbocycles. The summed E-state index contributed by atoms with van der Waals surface area (Å²) in [6.07, 6.45) is 0. The number of rotatable bonds is 8. The Bertz CT molecular complexity index is 3770. The highest BCUT2D eigenvalue weighted by atomic mass is 15.1. The van der Waals surface area contributed by atoms with Crippen LogP contribution in [0.5, 0.6) is 0 Å². The van der Waals surface area contributed by atoms with Crippen molar-refractivity contribution >= 4 is 49.4 Å². The molecule has 0 saturated heterocycles. The fourth-order valence-electron chi connectivity index (χ4n) is 8.37. The largest absolute Gasteiger partial charge is 0.310 e. The van der Waals surface area contributed by atoms with Crippen LogP contribution in [-0.2, 0) is 0 Å². The second-order valence-corrected chi connectivity index (χ2v) is 15.1. The minimum atomic E-state index is -0.404. The van der Waals surface area contributed by atoms with Crippen LogP contribution in [0.15, 0.2) is 249 Å². The van der Waals surface area contributed by atoms with Gasteiger partial charge in [-0.05, 0) is 130 Å². The van der Waals surface area contributed by atoms with E-state index in [1.807, 2.05) is 158 Å². The Balaban J connectivity index is 1.12. The maximum atomic E-state index is 9.83. The van der Waals surface area contributed by atoms with Crippen LogP contribution in [-0.4, -0.2) is 0 Å². The van der Waals surface area contributed by atoms with Crippen molar-refractivity contribution in [1.82, 2.24) is 0 Å². The molecule has 0 unspecified atom stereocenters. The van der Waals surface area contributed by atoms with E-state index in [0.29, 0.717) is 16.8 Å². The van der Waals surface area contributed by atoms with Gasteiger partial charge in [0.1, 0.15) is 0 Å². The summed E-state index contributed by atoms with van der Waals surface area (Å²) in [7, 11) is 0. The minimum absolute atomic E-state index is 0.0999. The fourth-order valence-corrected chi connectivity index (χ4v) is 8.37. The number of anilines is 3. The van der Waals surface area contributed by atoms with Gasteiger partial charge in [0.15, 0.2) is 0 Å². The summed E-state index contributed by atoms with van der Waals surface area (Å²) in [5.74, 6) is 0. The van der Waals surface area contributed by atoms with E-state index >= 15 is 0 Å². The number of nitrogens with zero attached hydrogens (tertiary/aromatic N) is 1. The normalized spacial score (nSPS) is 13.1. The Kier molecular flexibility index (Phi) is 7.29. The molecule has 0 bridgehead atoms. The summed E-state index contributed by atoms with van der Waals surface area (Å²) >= 11 is 0. The van der Waals surface area contributed by atoms with Crippen LogP contribution >= 0.6 is 0 Å². The van der Waals surface area contributed by atoms with E-state index in [0.717, 1.165) is 65.7 Å². The van der Waals surface area contributed by atoms with E-state index in [9.17, 15) is 11.0 Å². The van der Waals surface area contributed by atoms with Crippen LogP contribution in [0, 0.1) is 0 Å². The number of hydrogen-bond acceptors (Lipinski definition) is 1. The van der Waals surface area contributed by atoms with Gasteiger partial charge >= 0.3 is 0 Å². The molecule has 11 aromatic carbocycles. The van der Waals surface area contributed by atoms with Crippen LogP contribution in [0.1, 0.15) is 11.0 Å². The van der Waals surface area contributed by atoms with E-state index in [-0.39, 0.29) is 46.7 Å². The van der Waals surface area contributed by atoms with Crippen LogP contribution in [0.2, 0.25) is 0 Å². The molecule has 0 fully saturated rings. The molecule has 0 amide bonds. The molecule has 1 nitrogen and oxygen atoms in total. The van der Waals surface area contributed by atoms with Gasteiger partial charge in [-0.15, -0.1) is 0 Å².